The second-order valence-electron chi connectivity index (χ2n) is 2.02. The average Bonchev–Trinajstić information content (AvgIpc) is 2.03. The van der Waals surface area contributed by atoms with E-state index in [0.717, 1.165) is 7.11 Å². The van der Waals surface area contributed by atoms with Crippen molar-refractivity contribution in [3.8, 4) is 0 Å². The Balaban J connectivity index is 4.45. The number of rotatable bonds is 7. The van der Waals surface area contributed by atoms with E-state index in [-0.39, 0.29) is 13.2 Å². The molecule has 7 nitrogen and oxygen atoms in total. The maximum atomic E-state index is 11.4. The summed E-state index contributed by atoms with van der Waals surface area (Å²) in [7, 11) is -7.32. The molecule has 86 valence electrons. The second-order valence-corrected chi connectivity index (χ2v) is 5.38. The molecule has 0 saturated heterocycles. The summed E-state index contributed by atoms with van der Waals surface area (Å²) in [5, 5.41) is 0. The highest BCUT2D eigenvalue weighted by molar-refractivity contribution is 7.61. The molecule has 0 saturated carbocycles. The summed E-state index contributed by atoms with van der Waals surface area (Å²) in [5.41, 5.74) is 0. The van der Waals surface area contributed by atoms with Crippen molar-refractivity contribution in [2.24, 2.45) is 0 Å². The number of hydrogen-bond donors (Lipinski definition) is 1. The highest BCUT2D eigenvalue weighted by atomic mass is 31.3. The van der Waals surface area contributed by atoms with Gasteiger partial charge in [0.15, 0.2) is 0 Å². The van der Waals surface area contributed by atoms with Gasteiger partial charge < -0.3 is 4.89 Å². The molecule has 0 spiro atoms. The second kappa shape index (κ2) is 5.98. The Morgan fingerprint density at radius 3 is 2.00 bits per heavy atom. The van der Waals surface area contributed by atoms with E-state index in [1.165, 1.54) is 13.8 Å². The maximum absolute atomic E-state index is 11.4. The zero-order chi connectivity index (χ0) is 11.2. The zero-order valence-corrected chi connectivity index (χ0v) is 9.99. The Kier molecular flexibility index (Phi) is 6.09. The molecule has 0 aromatic heterocycles. The lowest BCUT2D eigenvalue weighted by atomic mass is 10.9. The lowest BCUT2D eigenvalue weighted by Gasteiger charge is -2.17. The molecule has 9 heteroatoms. The van der Waals surface area contributed by atoms with Crippen molar-refractivity contribution >= 4 is 15.6 Å². The minimum Gasteiger partial charge on any atom is -0.302 e. The Morgan fingerprint density at radius 1 is 1.14 bits per heavy atom. The molecule has 0 aliphatic carbocycles. The number of hydrogen-bond acceptors (Lipinski definition) is 6. The first-order valence-electron chi connectivity index (χ1n) is 3.88. The third-order valence-electron chi connectivity index (χ3n) is 1.01. The molecule has 0 amide bonds. The molecule has 0 aromatic carbocycles. The molecule has 0 aromatic rings. The fourth-order valence-corrected chi connectivity index (χ4v) is 2.98. The Hall–Kier alpha value is 0.260. The Labute approximate surface area is 82.5 Å². The third kappa shape index (κ3) is 5.22. The first-order valence-corrected chi connectivity index (χ1v) is 6.83. The van der Waals surface area contributed by atoms with E-state index in [0.29, 0.717) is 0 Å². The average molecular weight is 248 g/mol. The number of phosphoric ester groups is 2. The van der Waals surface area contributed by atoms with Crippen molar-refractivity contribution < 1.29 is 31.9 Å². The van der Waals surface area contributed by atoms with E-state index in [1.807, 2.05) is 0 Å². The first-order chi connectivity index (χ1) is 6.39. The van der Waals surface area contributed by atoms with Crippen LogP contribution in [0.1, 0.15) is 13.8 Å². The van der Waals surface area contributed by atoms with Crippen LogP contribution in [0, 0.1) is 0 Å². The summed E-state index contributed by atoms with van der Waals surface area (Å²) in [6.07, 6.45) is 0. The minimum absolute atomic E-state index is 0.0250. The van der Waals surface area contributed by atoms with Crippen molar-refractivity contribution in [1.82, 2.24) is 0 Å². The van der Waals surface area contributed by atoms with E-state index >= 15 is 0 Å². The third-order valence-corrected chi connectivity index (χ3v) is 4.24. The van der Waals surface area contributed by atoms with E-state index in [4.69, 9.17) is 4.89 Å². The van der Waals surface area contributed by atoms with Gasteiger partial charge in [0, 0.05) is 7.11 Å². The summed E-state index contributed by atoms with van der Waals surface area (Å²) < 4.78 is 39.9. The van der Waals surface area contributed by atoms with Crippen LogP contribution in [0.25, 0.3) is 0 Å². The van der Waals surface area contributed by atoms with Crippen LogP contribution < -0.4 is 0 Å². The molecule has 14 heavy (non-hydrogen) atoms. The van der Waals surface area contributed by atoms with Crippen LogP contribution >= 0.6 is 15.6 Å². The molecule has 0 bridgehead atoms. The molecule has 0 aliphatic rings. The number of phosphoric acid groups is 2. The van der Waals surface area contributed by atoms with Crippen molar-refractivity contribution in [2.45, 2.75) is 13.8 Å². The van der Waals surface area contributed by atoms with E-state index in [1.54, 1.807) is 0 Å². The monoisotopic (exact) mass is 248 g/mol. The molecule has 0 aliphatic heterocycles. The summed E-state index contributed by atoms with van der Waals surface area (Å²) in [4.78, 5) is 8.99. The maximum Gasteiger partial charge on any atom is 0.483 e. The molecule has 0 rings (SSSR count). The van der Waals surface area contributed by atoms with Crippen molar-refractivity contribution in [1.29, 1.82) is 0 Å². The summed E-state index contributed by atoms with van der Waals surface area (Å²) >= 11 is 0. The van der Waals surface area contributed by atoms with Gasteiger partial charge in [-0.25, -0.2) is 9.13 Å². The first kappa shape index (κ1) is 14.3. The quantitative estimate of drug-likeness (QED) is 0.688. The van der Waals surface area contributed by atoms with Crippen LogP contribution in [0.2, 0.25) is 0 Å². The Morgan fingerprint density at radius 2 is 1.64 bits per heavy atom. The lowest BCUT2D eigenvalue weighted by Crippen LogP contribution is -1.98. The van der Waals surface area contributed by atoms with Crippen LogP contribution in [0.3, 0.4) is 0 Å². The minimum atomic E-state index is -4.37. The van der Waals surface area contributed by atoms with Gasteiger partial charge in [-0.2, -0.15) is 4.31 Å². The molecule has 2 atom stereocenters. The zero-order valence-electron chi connectivity index (χ0n) is 8.21. The predicted molar refractivity (Wildman–Crippen MR) is 48.8 cm³/mol. The summed E-state index contributed by atoms with van der Waals surface area (Å²) in [6.45, 7) is 3.00. The van der Waals surface area contributed by atoms with E-state index in [9.17, 15) is 9.13 Å². The molecular formula is C5H14O7P2. The van der Waals surface area contributed by atoms with Crippen molar-refractivity contribution in [2.75, 3.05) is 20.3 Å². The smallest absolute Gasteiger partial charge is 0.302 e. The van der Waals surface area contributed by atoms with Crippen molar-refractivity contribution in [3.63, 3.8) is 0 Å². The molecule has 2 unspecified atom stereocenters. The molecular weight excluding hydrogens is 234 g/mol. The van der Waals surface area contributed by atoms with Gasteiger partial charge in [-0.1, -0.05) is 0 Å². The van der Waals surface area contributed by atoms with E-state index < -0.39 is 15.6 Å². The van der Waals surface area contributed by atoms with Crippen LogP contribution in [0.5, 0.6) is 0 Å². The fraction of sp³-hybridized carbons (Fsp3) is 1.00. The Bertz CT molecular complexity index is 252. The summed E-state index contributed by atoms with van der Waals surface area (Å²) in [6, 6.07) is 0. The van der Waals surface area contributed by atoms with Gasteiger partial charge in [-0.05, 0) is 13.8 Å². The largest absolute Gasteiger partial charge is 0.483 e. The summed E-state index contributed by atoms with van der Waals surface area (Å²) in [5.74, 6) is 0. The van der Waals surface area contributed by atoms with Gasteiger partial charge >= 0.3 is 15.6 Å². The molecule has 1 N–H and O–H groups in total. The van der Waals surface area contributed by atoms with Crippen LogP contribution in [-0.2, 0) is 27.0 Å². The predicted octanol–water partition coefficient (Wildman–Crippen LogP) is 1.93. The van der Waals surface area contributed by atoms with Gasteiger partial charge in [-0.15, -0.1) is 0 Å². The van der Waals surface area contributed by atoms with Crippen LogP contribution in [0.4, 0.5) is 0 Å². The molecule has 0 fully saturated rings. The molecule has 0 heterocycles. The highest BCUT2D eigenvalue weighted by Crippen LogP contribution is 2.62. The van der Waals surface area contributed by atoms with Gasteiger partial charge in [0.25, 0.3) is 0 Å². The standard InChI is InChI=1S/C5H14O7P2/c1-4-10-13(6,7)12-14(8,9-3)11-5-2/h4-5H2,1-3H3,(H,6,7). The SMILES string of the molecule is CCOP(=O)(O)OP(=O)(OC)OCC. The van der Waals surface area contributed by atoms with E-state index in [2.05, 4.69) is 17.9 Å². The van der Waals surface area contributed by atoms with Gasteiger partial charge in [0.05, 0.1) is 13.2 Å². The topological polar surface area (TPSA) is 91.3 Å². The van der Waals surface area contributed by atoms with Gasteiger partial charge in [0.2, 0.25) is 0 Å². The van der Waals surface area contributed by atoms with Crippen LogP contribution in [0.15, 0.2) is 0 Å². The lowest BCUT2D eigenvalue weighted by molar-refractivity contribution is 0.148. The highest BCUT2D eigenvalue weighted by Gasteiger charge is 2.36. The van der Waals surface area contributed by atoms with Crippen molar-refractivity contribution in [3.05, 3.63) is 0 Å². The normalized spacial score (nSPS) is 20.0. The molecule has 0 radical (unpaired) electrons. The van der Waals surface area contributed by atoms with Crippen LogP contribution in [-0.4, -0.2) is 25.2 Å². The van der Waals surface area contributed by atoms with Gasteiger partial charge in [0.1, 0.15) is 0 Å². The fourth-order valence-electron chi connectivity index (χ4n) is 0.581. The van der Waals surface area contributed by atoms with Gasteiger partial charge in [-0.3, -0.25) is 13.6 Å².